The van der Waals surface area contributed by atoms with Crippen molar-refractivity contribution in [1.29, 1.82) is 0 Å². The molecular weight excluding hydrogens is 530 g/mol. The zero-order valence-corrected chi connectivity index (χ0v) is 22.8. The van der Waals surface area contributed by atoms with E-state index in [0.29, 0.717) is 0 Å². The SMILES string of the molecule is C[C@]12C=CC(=O)C=C1[C@@H](F)C[C@H]1[C@@H]3CC[C@@](OC(=O)c4ccc(-c5ccccc5)cc4)(C(=O)O)[C@@]3(C)C[C@H](O)C12F. The number of alkyl halides is 2. The first-order valence-corrected chi connectivity index (χ1v) is 14.0. The van der Waals surface area contributed by atoms with Crippen molar-refractivity contribution in [2.24, 2.45) is 22.7 Å². The molecule has 0 amide bonds. The number of hydrogen-bond acceptors (Lipinski definition) is 5. The van der Waals surface area contributed by atoms with Gasteiger partial charge in [0, 0.05) is 16.7 Å². The third-order valence-corrected chi connectivity index (χ3v) is 10.6. The number of ketones is 1. The molecule has 41 heavy (non-hydrogen) atoms. The molecule has 0 aromatic heterocycles. The first-order chi connectivity index (χ1) is 19.4. The summed E-state index contributed by atoms with van der Waals surface area (Å²) in [6.45, 7) is 3.10. The number of rotatable bonds is 4. The van der Waals surface area contributed by atoms with Crippen molar-refractivity contribution in [3.63, 3.8) is 0 Å². The Morgan fingerprint density at radius 3 is 2.32 bits per heavy atom. The number of hydrogen-bond donors (Lipinski definition) is 2. The van der Waals surface area contributed by atoms with E-state index >= 15 is 8.78 Å². The molecule has 6 nitrogen and oxygen atoms in total. The zero-order valence-electron chi connectivity index (χ0n) is 22.8. The lowest BCUT2D eigenvalue weighted by Gasteiger charge is -2.62. The van der Waals surface area contributed by atoms with Crippen LogP contribution < -0.4 is 0 Å². The van der Waals surface area contributed by atoms with Gasteiger partial charge in [-0.05, 0) is 79.5 Å². The van der Waals surface area contributed by atoms with Crippen LogP contribution in [0.4, 0.5) is 8.78 Å². The Bertz CT molecular complexity index is 1480. The number of esters is 1. The number of aliphatic hydroxyl groups excluding tert-OH is 1. The molecule has 2 aromatic carbocycles. The smallest absolute Gasteiger partial charge is 0.348 e. The summed E-state index contributed by atoms with van der Waals surface area (Å²) in [6.07, 6.45) is -0.201. The summed E-state index contributed by atoms with van der Waals surface area (Å²) in [4.78, 5) is 38.4. The van der Waals surface area contributed by atoms with Crippen LogP contribution in [0.25, 0.3) is 11.1 Å². The fourth-order valence-corrected chi connectivity index (χ4v) is 8.40. The Balaban J connectivity index is 1.34. The van der Waals surface area contributed by atoms with E-state index in [4.69, 9.17) is 4.74 Å². The number of aliphatic carboxylic acids is 1. The van der Waals surface area contributed by atoms with Crippen molar-refractivity contribution >= 4 is 17.7 Å². The van der Waals surface area contributed by atoms with E-state index < -0.39 is 63.9 Å². The van der Waals surface area contributed by atoms with Crippen LogP contribution >= 0.6 is 0 Å². The summed E-state index contributed by atoms with van der Waals surface area (Å²) in [7, 11) is 0. The number of carbonyl (C=O) groups is 3. The highest BCUT2D eigenvalue weighted by atomic mass is 19.1. The van der Waals surface area contributed by atoms with E-state index in [9.17, 15) is 24.6 Å². The lowest BCUT2D eigenvalue weighted by atomic mass is 9.44. The molecule has 0 aliphatic heterocycles. The number of benzene rings is 2. The highest BCUT2D eigenvalue weighted by molar-refractivity contribution is 6.01. The molecule has 6 rings (SSSR count). The molecule has 0 saturated heterocycles. The molecule has 8 heteroatoms. The van der Waals surface area contributed by atoms with Gasteiger partial charge in [0.25, 0.3) is 0 Å². The van der Waals surface area contributed by atoms with Gasteiger partial charge in [0.05, 0.1) is 11.7 Å². The van der Waals surface area contributed by atoms with E-state index in [1.165, 1.54) is 19.1 Å². The number of carboxylic acids is 1. The number of aliphatic hydroxyl groups is 1. The summed E-state index contributed by atoms with van der Waals surface area (Å²) in [5.41, 5.74) is -5.34. The fraction of sp³-hybridized carbons (Fsp3) is 0.424. The maximum Gasteiger partial charge on any atom is 0.348 e. The minimum atomic E-state index is -2.34. The van der Waals surface area contributed by atoms with Crippen molar-refractivity contribution in [3.05, 3.63) is 84.0 Å². The monoisotopic (exact) mass is 562 g/mol. The Kier molecular flexibility index (Phi) is 6.16. The summed E-state index contributed by atoms with van der Waals surface area (Å²) >= 11 is 0. The van der Waals surface area contributed by atoms with E-state index in [2.05, 4.69) is 0 Å². The van der Waals surface area contributed by atoms with E-state index in [1.807, 2.05) is 30.3 Å². The number of carbonyl (C=O) groups excluding carboxylic acids is 2. The zero-order chi connectivity index (χ0) is 29.4. The van der Waals surface area contributed by atoms with Gasteiger partial charge in [0.2, 0.25) is 5.60 Å². The van der Waals surface area contributed by atoms with Crippen molar-refractivity contribution in [2.45, 2.75) is 63.1 Å². The molecule has 8 atom stereocenters. The average Bonchev–Trinajstić information content (AvgIpc) is 3.24. The third-order valence-electron chi connectivity index (χ3n) is 10.6. The van der Waals surface area contributed by atoms with Gasteiger partial charge >= 0.3 is 11.9 Å². The van der Waals surface area contributed by atoms with Gasteiger partial charge in [0.15, 0.2) is 11.5 Å². The lowest BCUT2D eigenvalue weighted by Crippen LogP contribution is -2.70. The number of fused-ring (bicyclic) bond motifs is 5. The summed E-state index contributed by atoms with van der Waals surface area (Å²) in [6, 6.07) is 16.2. The van der Waals surface area contributed by atoms with Crippen LogP contribution in [-0.4, -0.2) is 51.5 Å². The second-order valence-corrected chi connectivity index (χ2v) is 12.4. The minimum absolute atomic E-state index is 0.000671. The fourth-order valence-electron chi connectivity index (χ4n) is 8.40. The van der Waals surface area contributed by atoms with E-state index in [0.717, 1.165) is 17.2 Å². The normalized spacial score (nSPS) is 39.2. The third kappa shape index (κ3) is 3.65. The molecule has 2 N–H and O–H groups in total. The maximum absolute atomic E-state index is 17.3. The Morgan fingerprint density at radius 2 is 1.66 bits per heavy atom. The van der Waals surface area contributed by atoms with Gasteiger partial charge in [-0.3, -0.25) is 4.79 Å². The van der Waals surface area contributed by atoms with Gasteiger partial charge in [-0.2, -0.15) is 0 Å². The predicted molar refractivity (Wildman–Crippen MR) is 146 cm³/mol. The van der Waals surface area contributed by atoms with Gasteiger partial charge < -0.3 is 14.9 Å². The highest BCUT2D eigenvalue weighted by Gasteiger charge is 2.77. The molecule has 3 fully saturated rings. The van der Waals surface area contributed by atoms with E-state index in [-0.39, 0.29) is 36.8 Å². The van der Waals surface area contributed by atoms with Crippen molar-refractivity contribution in [2.75, 3.05) is 0 Å². The van der Waals surface area contributed by atoms with E-state index in [1.54, 1.807) is 31.2 Å². The van der Waals surface area contributed by atoms with Gasteiger partial charge in [-0.25, -0.2) is 18.4 Å². The molecule has 214 valence electrons. The molecule has 4 aliphatic rings. The molecule has 0 radical (unpaired) electrons. The van der Waals surface area contributed by atoms with Crippen molar-refractivity contribution < 1.29 is 38.1 Å². The van der Waals surface area contributed by atoms with Crippen LogP contribution in [0.3, 0.4) is 0 Å². The molecule has 0 bridgehead atoms. The summed E-state index contributed by atoms with van der Waals surface area (Å²) < 4.78 is 38.8. The van der Waals surface area contributed by atoms with Gasteiger partial charge in [-0.15, -0.1) is 0 Å². The first-order valence-electron chi connectivity index (χ1n) is 14.0. The van der Waals surface area contributed by atoms with Gasteiger partial charge in [-0.1, -0.05) is 55.5 Å². The largest absolute Gasteiger partial charge is 0.478 e. The second kappa shape index (κ2) is 9.18. The lowest BCUT2D eigenvalue weighted by molar-refractivity contribution is -0.226. The predicted octanol–water partition coefficient (Wildman–Crippen LogP) is 5.65. The number of allylic oxidation sites excluding steroid dienone is 4. The first kappa shape index (κ1) is 27.5. The standard InChI is InChI=1S/C33H32F2O6/c1-30-14-12-22(36)16-25(30)26(34)17-24-23-13-15-32(29(39)40,31(23,2)18-27(37)33(24,30)35)41-28(38)21-10-8-20(9-11-21)19-6-4-3-5-7-19/h3-12,14,16,23-24,26-27,37H,13,15,17-18H2,1-2H3,(H,39,40)/t23-,24-,26-,27-,30-,31-,32+,33?/m0/s1. The molecule has 0 heterocycles. The van der Waals surface area contributed by atoms with Gasteiger partial charge in [0.1, 0.15) is 6.17 Å². The van der Waals surface area contributed by atoms with Crippen LogP contribution in [0, 0.1) is 22.7 Å². The highest BCUT2D eigenvalue weighted by Crippen LogP contribution is 2.70. The Hall–Kier alpha value is -3.65. The topological polar surface area (TPSA) is 101 Å². The summed E-state index contributed by atoms with van der Waals surface area (Å²) in [5.74, 6) is -4.40. The molecule has 4 aliphatic carbocycles. The molecule has 0 spiro atoms. The van der Waals surface area contributed by atoms with Crippen LogP contribution in [0.15, 0.2) is 78.4 Å². The minimum Gasteiger partial charge on any atom is -0.478 e. The number of halogens is 2. The molecule has 3 saturated carbocycles. The average molecular weight is 563 g/mol. The molecule has 2 aromatic rings. The maximum atomic E-state index is 17.3. The number of carboxylic acid groups (broad SMARTS) is 1. The molecular formula is C33H32F2O6. The van der Waals surface area contributed by atoms with Crippen LogP contribution in [0.1, 0.15) is 49.9 Å². The van der Waals surface area contributed by atoms with Crippen molar-refractivity contribution in [3.8, 4) is 11.1 Å². The second-order valence-electron chi connectivity index (χ2n) is 12.4. The number of ether oxygens (including phenoxy) is 1. The summed E-state index contributed by atoms with van der Waals surface area (Å²) in [5, 5.41) is 22.0. The molecule has 1 unspecified atom stereocenters. The van der Waals surface area contributed by atoms with Crippen LogP contribution in [-0.2, 0) is 14.3 Å². The Labute approximate surface area is 236 Å². The van der Waals surface area contributed by atoms with Crippen molar-refractivity contribution in [1.82, 2.24) is 0 Å². The van der Waals surface area contributed by atoms with Crippen LogP contribution in [0.5, 0.6) is 0 Å². The van der Waals surface area contributed by atoms with Crippen LogP contribution in [0.2, 0.25) is 0 Å². The Morgan fingerprint density at radius 1 is 1.00 bits per heavy atom. The quantitative estimate of drug-likeness (QED) is 0.467.